The number of ether oxygens (including phenoxy) is 1. The van der Waals surface area contributed by atoms with Crippen molar-refractivity contribution >= 4 is 16.9 Å². The maximum Gasteiger partial charge on any atom is 0.272 e. The second kappa shape index (κ2) is 6.27. The molecule has 1 amide bonds. The van der Waals surface area contributed by atoms with Crippen LogP contribution in [-0.2, 0) is 16.1 Å². The van der Waals surface area contributed by atoms with Crippen molar-refractivity contribution in [3.05, 3.63) is 40.3 Å². The molecule has 0 spiro atoms. The lowest BCUT2D eigenvalue weighted by molar-refractivity contribution is -0.122. The first kappa shape index (κ1) is 14.7. The zero-order valence-electron chi connectivity index (χ0n) is 12.5. The van der Waals surface area contributed by atoms with E-state index < -0.39 is 0 Å². The second-order valence-electron chi connectivity index (χ2n) is 5.52. The molecule has 22 heavy (non-hydrogen) atoms. The first-order valence-electron chi connectivity index (χ1n) is 7.49. The van der Waals surface area contributed by atoms with Gasteiger partial charge in [0.1, 0.15) is 12.2 Å². The Morgan fingerprint density at radius 2 is 2.27 bits per heavy atom. The molecule has 1 aromatic heterocycles. The monoisotopic (exact) mass is 301 g/mol. The number of carbonyl (C=O) groups is 1. The Hall–Kier alpha value is -2.21. The highest BCUT2D eigenvalue weighted by atomic mass is 16.5. The average molecular weight is 301 g/mol. The minimum absolute atomic E-state index is 0.00454. The molecule has 0 radical (unpaired) electrons. The number of aryl methyl sites for hydroxylation is 1. The van der Waals surface area contributed by atoms with Gasteiger partial charge in [0, 0.05) is 13.2 Å². The summed E-state index contributed by atoms with van der Waals surface area (Å²) in [5.41, 5.74) is 1.55. The smallest absolute Gasteiger partial charge is 0.272 e. The quantitative estimate of drug-likeness (QED) is 0.914. The molecule has 1 fully saturated rings. The van der Waals surface area contributed by atoms with Crippen molar-refractivity contribution in [1.82, 2.24) is 14.9 Å². The van der Waals surface area contributed by atoms with Crippen LogP contribution in [0.5, 0.6) is 0 Å². The molecule has 1 saturated heterocycles. The predicted molar refractivity (Wildman–Crippen MR) is 82.7 cm³/mol. The molecule has 6 heteroatoms. The van der Waals surface area contributed by atoms with Crippen molar-refractivity contribution in [2.75, 3.05) is 13.2 Å². The molecule has 116 valence electrons. The highest BCUT2D eigenvalue weighted by molar-refractivity contribution is 5.80. The van der Waals surface area contributed by atoms with Gasteiger partial charge < -0.3 is 10.1 Å². The number of carbonyl (C=O) groups excluding carboxylic acids is 1. The van der Waals surface area contributed by atoms with Crippen LogP contribution in [0.25, 0.3) is 11.0 Å². The van der Waals surface area contributed by atoms with Crippen molar-refractivity contribution in [2.24, 2.45) is 0 Å². The Labute approximate surface area is 128 Å². The van der Waals surface area contributed by atoms with Crippen LogP contribution < -0.4 is 10.9 Å². The van der Waals surface area contributed by atoms with Crippen LogP contribution in [0.1, 0.15) is 18.5 Å². The average Bonchev–Trinajstić information content (AvgIpc) is 3.03. The van der Waals surface area contributed by atoms with E-state index in [4.69, 9.17) is 4.74 Å². The van der Waals surface area contributed by atoms with E-state index in [0.29, 0.717) is 23.3 Å². The number of nitrogens with one attached hydrogen (secondary N) is 1. The third kappa shape index (κ3) is 3.01. The summed E-state index contributed by atoms with van der Waals surface area (Å²) >= 11 is 0. The van der Waals surface area contributed by atoms with Crippen LogP contribution in [0, 0.1) is 6.92 Å². The van der Waals surface area contributed by atoms with E-state index >= 15 is 0 Å². The highest BCUT2D eigenvalue weighted by Gasteiger charge is 2.17. The molecule has 1 aliphatic rings. The minimum atomic E-state index is -0.231. The maximum absolute atomic E-state index is 12.3. The van der Waals surface area contributed by atoms with Crippen LogP contribution in [-0.4, -0.2) is 34.7 Å². The normalized spacial score (nSPS) is 17.8. The number of nitrogens with zero attached hydrogens (tertiary/aromatic N) is 2. The van der Waals surface area contributed by atoms with Gasteiger partial charge in [0.25, 0.3) is 5.56 Å². The van der Waals surface area contributed by atoms with Gasteiger partial charge in [-0.1, -0.05) is 12.1 Å². The van der Waals surface area contributed by atoms with Gasteiger partial charge in [-0.2, -0.15) is 0 Å². The number of hydrogen-bond acceptors (Lipinski definition) is 4. The van der Waals surface area contributed by atoms with Gasteiger partial charge in [0.15, 0.2) is 0 Å². The Kier molecular flexibility index (Phi) is 4.20. The van der Waals surface area contributed by atoms with E-state index in [1.165, 1.54) is 4.57 Å². The number of rotatable bonds is 4. The largest absolute Gasteiger partial charge is 0.376 e. The number of hydrogen-bond donors (Lipinski definition) is 1. The molecular formula is C16H19N3O3. The first-order chi connectivity index (χ1) is 10.6. The van der Waals surface area contributed by atoms with Crippen LogP contribution in [0.2, 0.25) is 0 Å². The van der Waals surface area contributed by atoms with Crippen molar-refractivity contribution in [1.29, 1.82) is 0 Å². The van der Waals surface area contributed by atoms with Gasteiger partial charge in [-0.05, 0) is 31.9 Å². The molecule has 1 atom stereocenters. The van der Waals surface area contributed by atoms with Crippen LogP contribution in [0.4, 0.5) is 0 Å². The van der Waals surface area contributed by atoms with Gasteiger partial charge in [-0.3, -0.25) is 14.2 Å². The standard InChI is InChI=1S/C16H19N3O3/c1-11-16(21)19(14-7-3-2-6-13(14)18-11)10-15(20)17-9-12-5-4-8-22-12/h2-3,6-7,12H,4-5,8-10H2,1H3,(H,17,20). The topological polar surface area (TPSA) is 73.2 Å². The molecular weight excluding hydrogens is 282 g/mol. The molecule has 3 rings (SSSR count). The maximum atomic E-state index is 12.3. The van der Waals surface area contributed by atoms with Crippen LogP contribution >= 0.6 is 0 Å². The molecule has 1 aliphatic heterocycles. The van der Waals surface area contributed by atoms with E-state index in [1.54, 1.807) is 13.0 Å². The van der Waals surface area contributed by atoms with E-state index in [1.807, 2.05) is 18.2 Å². The molecule has 0 aliphatic carbocycles. The fraction of sp³-hybridized carbons (Fsp3) is 0.438. The van der Waals surface area contributed by atoms with Crippen molar-refractivity contribution in [3.63, 3.8) is 0 Å². The van der Waals surface area contributed by atoms with Gasteiger partial charge in [0.05, 0.1) is 17.1 Å². The van der Waals surface area contributed by atoms with Crippen LogP contribution in [0.15, 0.2) is 29.1 Å². The summed E-state index contributed by atoms with van der Waals surface area (Å²) in [5.74, 6) is -0.187. The molecule has 2 heterocycles. The fourth-order valence-corrected chi connectivity index (χ4v) is 2.71. The lowest BCUT2D eigenvalue weighted by Crippen LogP contribution is -2.37. The zero-order chi connectivity index (χ0) is 15.5. The Bertz CT molecular complexity index is 748. The SMILES string of the molecule is Cc1nc2ccccc2n(CC(=O)NCC2CCCO2)c1=O. The highest BCUT2D eigenvalue weighted by Crippen LogP contribution is 2.11. The summed E-state index contributed by atoms with van der Waals surface area (Å²) in [7, 11) is 0. The van der Waals surface area contributed by atoms with E-state index in [9.17, 15) is 9.59 Å². The minimum Gasteiger partial charge on any atom is -0.376 e. The summed E-state index contributed by atoms with van der Waals surface area (Å²) in [4.78, 5) is 28.7. The molecule has 1 aromatic carbocycles. The fourth-order valence-electron chi connectivity index (χ4n) is 2.71. The predicted octanol–water partition coefficient (Wildman–Crippen LogP) is 1.00. The third-order valence-corrected chi connectivity index (χ3v) is 3.87. The van der Waals surface area contributed by atoms with Gasteiger partial charge in [0.2, 0.25) is 5.91 Å². The molecule has 1 N–H and O–H groups in total. The van der Waals surface area contributed by atoms with Gasteiger partial charge >= 0.3 is 0 Å². The number of amides is 1. The molecule has 1 unspecified atom stereocenters. The summed E-state index contributed by atoms with van der Waals surface area (Å²) in [6.45, 7) is 2.91. The number of benzene rings is 1. The molecule has 2 aromatic rings. The van der Waals surface area contributed by atoms with E-state index in [0.717, 1.165) is 19.4 Å². The second-order valence-corrected chi connectivity index (χ2v) is 5.52. The lowest BCUT2D eigenvalue weighted by Gasteiger charge is -2.13. The Morgan fingerprint density at radius 3 is 3.05 bits per heavy atom. The molecule has 0 bridgehead atoms. The van der Waals surface area contributed by atoms with Crippen molar-refractivity contribution < 1.29 is 9.53 Å². The number of para-hydroxylation sites is 2. The van der Waals surface area contributed by atoms with Crippen molar-refractivity contribution in [3.8, 4) is 0 Å². The number of aromatic nitrogens is 2. The Morgan fingerprint density at radius 1 is 1.45 bits per heavy atom. The Balaban J connectivity index is 1.79. The van der Waals surface area contributed by atoms with E-state index in [-0.39, 0.29) is 24.1 Å². The molecule has 6 nitrogen and oxygen atoms in total. The first-order valence-corrected chi connectivity index (χ1v) is 7.49. The third-order valence-electron chi connectivity index (χ3n) is 3.87. The zero-order valence-corrected chi connectivity index (χ0v) is 12.5. The summed E-state index contributed by atoms with van der Waals surface area (Å²) in [6, 6.07) is 7.33. The van der Waals surface area contributed by atoms with Crippen molar-refractivity contribution in [2.45, 2.75) is 32.4 Å². The van der Waals surface area contributed by atoms with Gasteiger partial charge in [-0.25, -0.2) is 4.98 Å². The van der Waals surface area contributed by atoms with Gasteiger partial charge in [-0.15, -0.1) is 0 Å². The number of fused-ring (bicyclic) bond motifs is 1. The summed E-state index contributed by atoms with van der Waals surface area (Å²) < 4.78 is 6.95. The molecule has 0 saturated carbocycles. The lowest BCUT2D eigenvalue weighted by atomic mass is 10.2. The summed E-state index contributed by atoms with van der Waals surface area (Å²) in [5, 5.41) is 2.84. The van der Waals surface area contributed by atoms with Crippen LogP contribution in [0.3, 0.4) is 0 Å². The van der Waals surface area contributed by atoms with E-state index in [2.05, 4.69) is 10.3 Å². The summed E-state index contributed by atoms with van der Waals surface area (Å²) in [6.07, 6.45) is 2.10.